The molecule has 6 nitrogen and oxygen atoms in total. The third-order valence-electron chi connectivity index (χ3n) is 3.32. The van der Waals surface area contributed by atoms with Gasteiger partial charge in [-0.25, -0.2) is 4.98 Å². The van der Waals surface area contributed by atoms with Crippen molar-refractivity contribution in [3.63, 3.8) is 0 Å². The molecule has 0 radical (unpaired) electrons. The number of nitro groups is 1. The lowest BCUT2D eigenvalue weighted by Crippen LogP contribution is -2.17. The van der Waals surface area contributed by atoms with E-state index in [4.69, 9.17) is 5.26 Å². The Bertz CT molecular complexity index is 544. The van der Waals surface area contributed by atoms with Gasteiger partial charge >= 0.3 is 5.69 Å². The van der Waals surface area contributed by atoms with Gasteiger partial charge in [-0.3, -0.25) is 10.1 Å². The number of hydrogen-bond donors (Lipinski definition) is 1. The molecule has 0 spiro atoms. The fourth-order valence-electron chi connectivity index (χ4n) is 2.43. The van der Waals surface area contributed by atoms with Crippen LogP contribution in [0.25, 0.3) is 0 Å². The van der Waals surface area contributed by atoms with Gasteiger partial charge in [-0.1, -0.05) is 6.92 Å². The number of nitrogens with one attached hydrogen (secondary N) is 1. The molecule has 7 heteroatoms. The molecule has 1 aliphatic carbocycles. The summed E-state index contributed by atoms with van der Waals surface area (Å²) in [5, 5.41) is 23.6. The summed E-state index contributed by atoms with van der Waals surface area (Å²) in [6.07, 6.45) is 3.31. The van der Waals surface area contributed by atoms with Crippen LogP contribution in [0, 0.1) is 21.4 Å². The van der Waals surface area contributed by atoms with Gasteiger partial charge in [0.15, 0.2) is 0 Å². The average molecular weight is 292 g/mol. The Kier molecular flexibility index (Phi) is 4.79. The average Bonchev–Trinajstić information content (AvgIpc) is 2.86. The number of aromatic nitrogens is 1. The van der Waals surface area contributed by atoms with Gasteiger partial charge in [-0.15, -0.1) is 0 Å². The lowest BCUT2D eigenvalue weighted by Gasteiger charge is -2.13. The molecule has 20 heavy (non-hydrogen) atoms. The molecule has 0 amide bonds. The highest BCUT2D eigenvalue weighted by Gasteiger charge is 2.25. The van der Waals surface area contributed by atoms with Crippen molar-refractivity contribution in [2.45, 2.75) is 37.5 Å². The third-order valence-corrected chi connectivity index (χ3v) is 4.55. The number of hydrogen-bond acceptors (Lipinski definition) is 6. The summed E-state index contributed by atoms with van der Waals surface area (Å²) in [6, 6.07) is 5.01. The first kappa shape index (κ1) is 14.6. The van der Waals surface area contributed by atoms with Gasteiger partial charge in [0, 0.05) is 17.4 Å². The van der Waals surface area contributed by atoms with Gasteiger partial charge < -0.3 is 5.32 Å². The van der Waals surface area contributed by atoms with Crippen LogP contribution >= 0.6 is 11.8 Å². The van der Waals surface area contributed by atoms with Gasteiger partial charge in [0.25, 0.3) is 0 Å². The van der Waals surface area contributed by atoms with Crippen molar-refractivity contribution >= 4 is 23.3 Å². The monoisotopic (exact) mass is 292 g/mol. The van der Waals surface area contributed by atoms with E-state index in [-0.39, 0.29) is 11.4 Å². The quantitative estimate of drug-likeness (QED) is 0.662. The van der Waals surface area contributed by atoms with Crippen LogP contribution in [0.3, 0.4) is 0 Å². The number of pyridine rings is 1. The van der Waals surface area contributed by atoms with Crippen LogP contribution in [-0.2, 0) is 0 Å². The molecule has 1 aromatic rings. The van der Waals surface area contributed by atoms with Crippen molar-refractivity contribution in [2.24, 2.45) is 0 Å². The SMILES string of the molecule is CCSC1CCC(Nc2ccc([N+](=O)[O-])c(C#N)n2)C1. The minimum Gasteiger partial charge on any atom is -0.367 e. The van der Waals surface area contributed by atoms with E-state index in [1.54, 1.807) is 12.1 Å². The topological polar surface area (TPSA) is 91.9 Å². The zero-order valence-corrected chi connectivity index (χ0v) is 12.0. The van der Waals surface area contributed by atoms with Crippen molar-refractivity contribution < 1.29 is 4.92 Å². The summed E-state index contributed by atoms with van der Waals surface area (Å²) in [4.78, 5) is 14.2. The van der Waals surface area contributed by atoms with Gasteiger partial charge in [-0.2, -0.15) is 17.0 Å². The number of rotatable bonds is 5. The van der Waals surface area contributed by atoms with E-state index < -0.39 is 4.92 Å². The molecule has 0 saturated heterocycles. The van der Waals surface area contributed by atoms with E-state index in [0.717, 1.165) is 18.6 Å². The Hall–Kier alpha value is -1.81. The third kappa shape index (κ3) is 3.39. The molecule has 1 saturated carbocycles. The first-order valence-electron chi connectivity index (χ1n) is 6.57. The van der Waals surface area contributed by atoms with Crippen molar-refractivity contribution in [2.75, 3.05) is 11.1 Å². The Morgan fingerprint density at radius 3 is 3.05 bits per heavy atom. The van der Waals surface area contributed by atoms with E-state index in [2.05, 4.69) is 17.2 Å². The summed E-state index contributed by atoms with van der Waals surface area (Å²) >= 11 is 1.97. The Balaban J connectivity index is 2.04. The molecule has 1 aromatic heterocycles. The van der Waals surface area contributed by atoms with Gasteiger partial charge in [0.2, 0.25) is 5.69 Å². The Morgan fingerprint density at radius 2 is 2.40 bits per heavy atom. The van der Waals surface area contributed by atoms with Crippen LogP contribution in [0.1, 0.15) is 31.9 Å². The minimum atomic E-state index is -0.585. The zero-order chi connectivity index (χ0) is 14.5. The maximum Gasteiger partial charge on any atom is 0.305 e. The second-order valence-corrected chi connectivity index (χ2v) is 6.24. The molecule has 2 atom stereocenters. The summed E-state index contributed by atoms with van der Waals surface area (Å²) < 4.78 is 0. The molecule has 2 unspecified atom stereocenters. The van der Waals surface area contributed by atoms with Crippen molar-refractivity contribution in [1.82, 2.24) is 4.98 Å². The number of anilines is 1. The highest BCUT2D eigenvalue weighted by atomic mass is 32.2. The normalized spacial score (nSPS) is 21.4. The summed E-state index contributed by atoms with van der Waals surface area (Å²) in [7, 11) is 0. The molecule has 1 N–H and O–H groups in total. The lowest BCUT2D eigenvalue weighted by atomic mass is 10.2. The summed E-state index contributed by atoms with van der Waals surface area (Å²) in [5.74, 6) is 1.66. The molecular formula is C13H16N4O2S. The van der Waals surface area contributed by atoms with Crippen LogP contribution in [0.15, 0.2) is 12.1 Å². The predicted octanol–water partition coefficient (Wildman–Crippen LogP) is 2.95. The van der Waals surface area contributed by atoms with Crippen LogP contribution in [-0.4, -0.2) is 27.0 Å². The van der Waals surface area contributed by atoms with Crippen molar-refractivity contribution in [1.29, 1.82) is 5.26 Å². The molecule has 2 rings (SSSR count). The van der Waals surface area contributed by atoms with Crippen LogP contribution in [0.4, 0.5) is 11.5 Å². The van der Waals surface area contributed by atoms with E-state index in [0.29, 0.717) is 17.1 Å². The highest BCUT2D eigenvalue weighted by Crippen LogP contribution is 2.31. The minimum absolute atomic E-state index is 0.141. The summed E-state index contributed by atoms with van der Waals surface area (Å²) in [6.45, 7) is 2.16. The van der Waals surface area contributed by atoms with E-state index in [1.807, 2.05) is 11.8 Å². The fraction of sp³-hybridized carbons (Fsp3) is 0.538. The van der Waals surface area contributed by atoms with Gasteiger partial charge in [0.05, 0.1) is 4.92 Å². The van der Waals surface area contributed by atoms with E-state index in [9.17, 15) is 10.1 Å². The van der Waals surface area contributed by atoms with Crippen LogP contribution in [0.2, 0.25) is 0 Å². The second-order valence-electron chi connectivity index (χ2n) is 4.66. The van der Waals surface area contributed by atoms with Gasteiger partial charge in [0.1, 0.15) is 11.9 Å². The molecule has 1 aliphatic rings. The van der Waals surface area contributed by atoms with Crippen molar-refractivity contribution in [3.8, 4) is 6.07 Å². The number of nitrogens with zero attached hydrogens (tertiary/aromatic N) is 3. The zero-order valence-electron chi connectivity index (χ0n) is 11.2. The molecular weight excluding hydrogens is 276 g/mol. The van der Waals surface area contributed by atoms with Crippen LogP contribution < -0.4 is 5.32 Å². The molecule has 0 aliphatic heterocycles. The Labute approximate surface area is 121 Å². The maximum absolute atomic E-state index is 10.7. The highest BCUT2D eigenvalue weighted by molar-refractivity contribution is 7.99. The second kappa shape index (κ2) is 6.57. The molecule has 106 valence electrons. The molecule has 0 aromatic carbocycles. The molecule has 0 bridgehead atoms. The molecule has 1 fully saturated rings. The van der Waals surface area contributed by atoms with Crippen molar-refractivity contribution in [3.05, 3.63) is 27.9 Å². The van der Waals surface area contributed by atoms with Crippen LogP contribution in [0.5, 0.6) is 0 Å². The predicted molar refractivity (Wildman–Crippen MR) is 78.8 cm³/mol. The first-order chi connectivity index (χ1) is 9.63. The fourth-order valence-corrected chi connectivity index (χ4v) is 3.57. The first-order valence-corrected chi connectivity index (χ1v) is 7.62. The number of thioether (sulfide) groups is 1. The Morgan fingerprint density at radius 1 is 1.60 bits per heavy atom. The summed E-state index contributed by atoms with van der Waals surface area (Å²) in [5.41, 5.74) is -0.388. The van der Waals surface area contributed by atoms with E-state index in [1.165, 1.54) is 12.5 Å². The standard InChI is InChI=1S/C13H16N4O2S/c1-2-20-10-4-3-9(7-10)15-13-6-5-12(17(18)19)11(8-14)16-13/h5-6,9-10H,2-4,7H2,1H3,(H,15,16). The van der Waals surface area contributed by atoms with Gasteiger partial charge in [-0.05, 0) is 31.1 Å². The lowest BCUT2D eigenvalue weighted by molar-refractivity contribution is -0.385. The largest absolute Gasteiger partial charge is 0.367 e. The smallest absolute Gasteiger partial charge is 0.305 e. The molecule has 1 heterocycles. The van der Waals surface area contributed by atoms with E-state index >= 15 is 0 Å². The maximum atomic E-state index is 10.7. The number of nitriles is 1.